The van der Waals surface area contributed by atoms with Gasteiger partial charge in [0.2, 0.25) is 10.0 Å². The quantitative estimate of drug-likeness (QED) is 0.461. The fourth-order valence-electron chi connectivity index (χ4n) is 3.20. The Hall–Kier alpha value is -3.16. The Kier molecular flexibility index (Phi) is 4.86. The number of ketones is 1. The highest BCUT2D eigenvalue weighted by Gasteiger charge is 2.18. The van der Waals surface area contributed by atoms with Gasteiger partial charge in [-0.3, -0.25) is 9.52 Å². The van der Waals surface area contributed by atoms with Crippen LogP contribution in [0.1, 0.15) is 15.9 Å². The highest BCUT2D eigenvalue weighted by atomic mass is 35.5. The minimum absolute atomic E-state index is 0.160. The second-order valence-corrected chi connectivity index (χ2v) is 8.76. The van der Waals surface area contributed by atoms with E-state index in [2.05, 4.69) is 14.7 Å². The van der Waals surface area contributed by atoms with Crippen LogP contribution < -0.4 is 4.72 Å². The van der Waals surface area contributed by atoms with Crippen LogP contribution in [-0.4, -0.2) is 30.4 Å². The van der Waals surface area contributed by atoms with Gasteiger partial charge in [-0.15, -0.1) is 0 Å². The smallest absolute Gasteiger partial charge is 0.229 e. The number of nitrogens with one attached hydrogen (secondary N) is 2. The predicted octanol–water partition coefficient (Wildman–Crippen LogP) is 4.49. The number of nitrogens with zero attached hydrogens (tertiary/aromatic N) is 1. The van der Waals surface area contributed by atoms with Gasteiger partial charge >= 0.3 is 0 Å². The molecule has 2 heterocycles. The number of rotatable bonds is 5. The number of sulfonamides is 1. The topological polar surface area (TPSA) is 91.9 Å². The molecular formula is C21H16ClN3O3S. The van der Waals surface area contributed by atoms with E-state index in [0.717, 1.165) is 17.4 Å². The molecule has 0 bridgehead atoms. The molecule has 29 heavy (non-hydrogen) atoms. The standard InChI is InChI=1S/C21H16ClN3O3S/c1-29(27,28)25-16-4-2-3-14(11-16)17-9-10-23-21-19(17)18(12-24-21)20(26)13-5-7-15(22)8-6-13/h2-12,25H,1H3,(H,23,24). The number of carbonyl (C=O) groups is 1. The molecule has 146 valence electrons. The number of aromatic amines is 1. The molecule has 8 heteroatoms. The van der Waals surface area contributed by atoms with Crippen LogP contribution in [0.5, 0.6) is 0 Å². The van der Waals surface area contributed by atoms with E-state index >= 15 is 0 Å². The minimum Gasteiger partial charge on any atom is -0.345 e. The Labute approximate surface area is 172 Å². The first-order chi connectivity index (χ1) is 13.8. The van der Waals surface area contributed by atoms with Gasteiger partial charge in [-0.2, -0.15) is 0 Å². The summed E-state index contributed by atoms with van der Waals surface area (Å²) in [7, 11) is -3.40. The van der Waals surface area contributed by atoms with Gasteiger partial charge in [-0.05, 0) is 53.6 Å². The Morgan fingerprint density at radius 1 is 1.10 bits per heavy atom. The maximum Gasteiger partial charge on any atom is 0.229 e. The van der Waals surface area contributed by atoms with E-state index in [4.69, 9.17) is 11.6 Å². The summed E-state index contributed by atoms with van der Waals surface area (Å²) in [4.78, 5) is 20.5. The summed E-state index contributed by atoms with van der Waals surface area (Å²) >= 11 is 5.93. The number of halogens is 1. The van der Waals surface area contributed by atoms with Gasteiger partial charge in [0.05, 0.1) is 11.8 Å². The molecule has 2 aromatic heterocycles. The van der Waals surface area contributed by atoms with Crippen molar-refractivity contribution in [2.24, 2.45) is 0 Å². The van der Waals surface area contributed by atoms with Gasteiger partial charge in [0.1, 0.15) is 5.65 Å². The summed E-state index contributed by atoms with van der Waals surface area (Å²) in [5, 5.41) is 1.22. The third-order valence-corrected chi connectivity index (χ3v) is 5.26. The van der Waals surface area contributed by atoms with Crippen LogP contribution in [0.15, 0.2) is 67.0 Å². The van der Waals surface area contributed by atoms with Crippen LogP contribution in [0.2, 0.25) is 5.02 Å². The fraction of sp³-hybridized carbons (Fsp3) is 0.0476. The number of hydrogen-bond donors (Lipinski definition) is 2. The second kappa shape index (κ2) is 7.35. The van der Waals surface area contributed by atoms with Crippen molar-refractivity contribution >= 4 is 44.1 Å². The van der Waals surface area contributed by atoms with Crippen LogP contribution in [0.25, 0.3) is 22.2 Å². The van der Waals surface area contributed by atoms with Crippen LogP contribution in [-0.2, 0) is 10.0 Å². The third-order valence-electron chi connectivity index (χ3n) is 4.40. The number of hydrogen-bond acceptors (Lipinski definition) is 4. The predicted molar refractivity (Wildman–Crippen MR) is 115 cm³/mol. The number of aromatic nitrogens is 2. The van der Waals surface area contributed by atoms with Gasteiger partial charge in [-0.1, -0.05) is 23.7 Å². The van der Waals surface area contributed by atoms with E-state index in [1.807, 2.05) is 6.07 Å². The molecule has 2 N–H and O–H groups in total. The first-order valence-corrected chi connectivity index (χ1v) is 10.9. The molecule has 6 nitrogen and oxygen atoms in total. The van der Waals surface area contributed by atoms with Crippen LogP contribution in [0.4, 0.5) is 5.69 Å². The normalized spacial score (nSPS) is 11.5. The zero-order valence-corrected chi connectivity index (χ0v) is 16.9. The maximum atomic E-state index is 13.1. The van der Waals surface area contributed by atoms with Crippen molar-refractivity contribution < 1.29 is 13.2 Å². The summed E-state index contributed by atoms with van der Waals surface area (Å²) in [6.45, 7) is 0. The van der Waals surface area contributed by atoms with E-state index < -0.39 is 10.0 Å². The van der Waals surface area contributed by atoms with E-state index in [0.29, 0.717) is 32.9 Å². The Bertz CT molecular complexity index is 1330. The molecule has 0 saturated heterocycles. The molecule has 4 rings (SSSR count). The fourth-order valence-corrected chi connectivity index (χ4v) is 3.88. The van der Waals surface area contributed by atoms with Gasteiger partial charge in [0.25, 0.3) is 0 Å². The van der Waals surface area contributed by atoms with Crippen molar-refractivity contribution in [3.63, 3.8) is 0 Å². The molecular weight excluding hydrogens is 410 g/mol. The molecule has 2 aromatic carbocycles. The third kappa shape index (κ3) is 4.01. The molecule has 0 unspecified atom stereocenters. The zero-order valence-electron chi connectivity index (χ0n) is 15.3. The molecule has 4 aromatic rings. The van der Waals surface area contributed by atoms with Gasteiger partial charge < -0.3 is 4.98 Å². The van der Waals surface area contributed by atoms with E-state index in [-0.39, 0.29) is 5.78 Å². The summed E-state index contributed by atoms with van der Waals surface area (Å²) in [6.07, 6.45) is 4.37. The van der Waals surface area contributed by atoms with Crippen LogP contribution in [0, 0.1) is 0 Å². The van der Waals surface area contributed by atoms with E-state index in [1.54, 1.807) is 60.9 Å². The summed E-state index contributed by atoms with van der Waals surface area (Å²) < 4.78 is 25.6. The maximum absolute atomic E-state index is 13.1. The monoisotopic (exact) mass is 425 g/mol. The van der Waals surface area contributed by atoms with Gasteiger partial charge in [-0.25, -0.2) is 13.4 Å². The van der Waals surface area contributed by atoms with Crippen molar-refractivity contribution in [2.75, 3.05) is 11.0 Å². The van der Waals surface area contributed by atoms with Crippen LogP contribution in [0.3, 0.4) is 0 Å². The number of anilines is 1. The lowest BCUT2D eigenvalue weighted by atomic mass is 9.97. The molecule has 0 atom stereocenters. The summed E-state index contributed by atoms with van der Waals surface area (Å²) in [5.41, 5.74) is 3.53. The number of carbonyl (C=O) groups excluding carboxylic acids is 1. The molecule has 0 aliphatic carbocycles. The molecule has 0 radical (unpaired) electrons. The Morgan fingerprint density at radius 2 is 1.86 bits per heavy atom. The lowest BCUT2D eigenvalue weighted by molar-refractivity contribution is 0.104. The van der Waals surface area contributed by atoms with Crippen molar-refractivity contribution in [1.29, 1.82) is 0 Å². The number of H-pyrrole nitrogens is 1. The zero-order chi connectivity index (χ0) is 20.6. The molecule has 0 saturated carbocycles. The number of benzene rings is 2. The van der Waals surface area contributed by atoms with Crippen molar-refractivity contribution in [2.45, 2.75) is 0 Å². The van der Waals surface area contributed by atoms with Gasteiger partial charge in [0, 0.05) is 34.1 Å². The Morgan fingerprint density at radius 3 is 2.59 bits per heavy atom. The molecule has 0 amide bonds. The lowest BCUT2D eigenvalue weighted by Gasteiger charge is -2.09. The van der Waals surface area contributed by atoms with Crippen molar-refractivity contribution in [1.82, 2.24) is 9.97 Å². The van der Waals surface area contributed by atoms with Crippen molar-refractivity contribution in [3.05, 3.63) is 83.1 Å². The molecule has 0 aliphatic rings. The van der Waals surface area contributed by atoms with E-state index in [1.165, 1.54) is 0 Å². The minimum atomic E-state index is -3.40. The molecule has 0 aliphatic heterocycles. The average molecular weight is 426 g/mol. The van der Waals surface area contributed by atoms with Gasteiger partial charge in [0.15, 0.2) is 5.78 Å². The average Bonchev–Trinajstić information content (AvgIpc) is 3.11. The highest BCUT2D eigenvalue weighted by Crippen LogP contribution is 2.32. The largest absolute Gasteiger partial charge is 0.345 e. The number of fused-ring (bicyclic) bond motifs is 1. The summed E-state index contributed by atoms with van der Waals surface area (Å²) in [5.74, 6) is -0.160. The molecule has 0 spiro atoms. The highest BCUT2D eigenvalue weighted by molar-refractivity contribution is 7.92. The summed E-state index contributed by atoms with van der Waals surface area (Å²) in [6, 6.07) is 15.5. The molecule has 0 fully saturated rings. The second-order valence-electron chi connectivity index (χ2n) is 6.58. The first kappa shape index (κ1) is 19.2. The first-order valence-electron chi connectivity index (χ1n) is 8.66. The van der Waals surface area contributed by atoms with Crippen LogP contribution >= 0.6 is 11.6 Å². The SMILES string of the molecule is CS(=O)(=O)Nc1cccc(-c2ccnc3[nH]cc(C(=O)c4ccc(Cl)cc4)c23)c1. The lowest BCUT2D eigenvalue weighted by Crippen LogP contribution is -2.09. The van der Waals surface area contributed by atoms with Crippen molar-refractivity contribution in [3.8, 4) is 11.1 Å². The number of pyridine rings is 1. The Balaban J connectivity index is 1.85. The van der Waals surface area contributed by atoms with E-state index in [9.17, 15) is 13.2 Å².